The Morgan fingerprint density at radius 3 is 2.50 bits per heavy atom. The van der Waals surface area contributed by atoms with Crippen molar-refractivity contribution in [3.05, 3.63) is 59.2 Å². The first-order valence-corrected chi connectivity index (χ1v) is 10.1. The van der Waals surface area contributed by atoms with Gasteiger partial charge in [-0.05, 0) is 24.5 Å². The van der Waals surface area contributed by atoms with Gasteiger partial charge in [-0.15, -0.1) is 11.8 Å². The minimum atomic E-state index is -0.309. The van der Waals surface area contributed by atoms with Crippen molar-refractivity contribution >= 4 is 34.8 Å². The fraction of sp³-hybridized carbons (Fsp3) is 0.190. The number of pyridine rings is 1. The average Bonchev–Trinajstić information content (AvgIpc) is 3.19. The van der Waals surface area contributed by atoms with Gasteiger partial charge in [-0.3, -0.25) is 9.78 Å². The summed E-state index contributed by atoms with van der Waals surface area (Å²) in [5.41, 5.74) is 1.72. The molecule has 8 nitrogen and oxygen atoms in total. The van der Waals surface area contributed by atoms with Crippen LogP contribution < -0.4 is 19.5 Å². The van der Waals surface area contributed by atoms with Crippen LogP contribution in [0.4, 0.5) is 0 Å². The zero-order chi connectivity index (χ0) is 21.5. The van der Waals surface area contributed by atoms with E-state index in [0.29, 0.717) is 44.8 Å². The minimum Gasteiger partial charge on any atom is -0.493 e. The fourth-order valence-electron chi connectivity index (χ4n) is 2.64. The van der Waals surface area contributed by atoms with E-state index in [0.717, 1.165) is 0 Å². The monoisotopic (exact) mass is 427 g/mol. The molecule has 0 atom stereocenters. The molecular formula is C21H21N3O5S. The molecule has 3 rings (SSSR count). The van der Waals surface area contributed by atoms with E-state index in [1.54, 1.807) is 48.8 Å². The second-order valence-electron chi connectivity index (χ2n) is 5.86. The van der Waals surface area contributed by atoms with E-state index in [1.165, 1.54) is 33.1 Å². The van der Waals surface area contributed by atoms with E-state index >= 15 is 0 Å². The molecule has 0 aliphatic carbocycles. The van der Waals surface area contributed by atoms with Crippen LogP contribution in [0.3, 0.4) is 0 Å². The third-order valence-electron chi connectivity index (χ3n) is 4.08. The summed E-state index contributed by atoms with van der Waals surface area (Å²) in [5, 5.41) is 3.50. The highest BCUT2D eigenvalue weighted by Gasteiger charge is 2.17. The summed E-state index contributed by atoms with van der Waals surface area (Å²) >= 11 is 1.39. The van der Waals surface area contributed by atoms with Gasteiger partial charge in [0.1, 0.15) is 5.52 Å². The summed E-state index contributed by atoms with van der Waals surface area (Å²) in [4.78, 5) is 21.1. The number of ether oxygens (including phenoxy) is 3. The first-order valence-electron chi connectivity index (χ1n) is 8.83. The van der Waals surface area contributed by atoms with Gasteiger partial charge in [0.25, 0.3) is 5.91 Å². The molecule has 1 amide bonds. The Bertz CT molecular complexity index is 1050. The summed E-state index contributed by atoms with van der Waals surface area (Å²) in [6, 6.07) is 4.94. The molecule has 0 spiro atoms. The van der Waals surface area contributed by atoms with Crippen molar-refractivity contribution in [2.45, 2.75) is 0 Å². The van der Waals surface area contributed by atoms with Crippen LogP contribution in [0.2, 0.25) is 0 Å². The summed E-state index contributed by atoms with van der Waals surface area (Å²) in [7, 11) is 4.51. The van der Waals surface area contributed by atoms with Crippen molar-refractivity contribution in [2.75, 3.05) is 27.6 Å². The summed E-state index contributed by atoms with van der Waals surface area (Å²) in [6.07, 6.45) is 10.4. The van der Waals surface area contributed by atoms with Crippen LogP contribution in [0.5, 0.6) is 17.2 Å². The quantitative estimate of drug-likeness (QED) is 0.541. The van der Waals surface area contributed by atoms with Crippen LogP contribution in [0.25, 0.3) is 17.2 Å². The largest absolute Gasteiger partial charge is 0.493 e. The van der Waals surface area contributed by atoms with Crippen LogP contribution in [0.15, 0.2) is 52.2 Å². The molecule has 0 radical (unpaired) electrons. The first-order chi connectivity index (χ1) is 14.6. The highest BCUT2D eigenvalue weighted by atomic mass is 32.2. The maximum Gasteiger partial charge on any atom is 0.256 e. The summed E-state index contributed by atoms with van der Waals surface area (Å²) in [6.45, 7) is 0. The maximum absolute atomic E-state index is 12.7. The molecule has 9 heteroatoms. The molecule has 1 N–H and O–H groups in total. The van der Waals surface area contributed by atoms with Gasteiger partial charge in [-0.1, -0.05) is 6.08 Å². The van der Waals surface area contributed by atoms with Crippen molar-refractivity contribution in [1.29, 1.82) is 0 Å². The number of benzene rings is 1. The molecule has 156 valence electrons. The molecule has 0 bridgehead atoms. The number of carbonyl (C=O) groups excluding carboxylic acids is 1. The number of hydrogen-bond acceptors (Lipinski definition) is 8. The smallest absolute Gasteiger partial charge is 0.256 e. The number of hydrogen-bond donors (Lipinski definition) is 1. The van der Waals surface area contributed by atoms with Crippen molar-refractivity contribution in [3.63, 3.8) is 0 Å². The molecule has 0 saturated carbocycles. The van der Waals surface area contributed by atoms with Gasteiger partial charge in [0.15, 0.2) is 17.1 Å². The molecule has 0 saturated heterocycles. The van der Waals surface area contributed by atoms with E-state index < -0.39 is 0 Å². The predicted molar refractivity (Wildman–Crippen MR) is 116 cm³/mol. The maximum atomic E-state index is 12.7. The number of amides is 1. The van der Waals surface area contributed by atoms with Crippen molar-refractivity contribution in [2.24, 2.45) is 0 Å². The second-order valence-corrected chi connectivity index (χ2v) is 6.71. The van der Waals surface area contributed by atoms with Crippen LogP contribution in [-0.2, 0) is 0 Å². The van der Waals surface area contributed by atoms with E-state index in [1.807, 2.05) is 6.26 Å². The van der Waals surface area contributed by atoms with Gasteiger partial charge >= 0.3 is 0 Å². The number of methoxy groups -OCH3 is 3. The van der Waals surface area contributed by atoms with E-state index in [-0.39, 0.29) is 5.91 Å². The predicted octanol–water partition coefficient (Wildman–Crippen LogP) is 3.90. The van der Waals surface area contributed by atoms with Gasteiger partial charge in [0, 0.05) is 23.9 Å². The van der Waals surface area contributed by atoms with E-state index in [9.17, 15) is 4.79 Å². The number of thioether (sulfide) groups is 1. The lowest BCUT2D eigenvalue weighted by molar-refractivity contribution is 0.0968. The van der Waals surface area contributed by atoms with Crippen LogP contribution >= 0.6 is 11.8 Å². The number of oxazole rings is 1. The molecule has 1 aromatic carbocycles. The van der Waals surface area contributed by atoms with Crippen molar-refractivity contribution < 1.29 is 23.4 Å². The topological polar surface area (TPSA) is 95.7 Å². The van der Waals surface area contributed by atoms with E-state index in [2.05, 4.69) is 15.3 Å². The van der Waals surface area contributed by atoms with Crippen LogP contribution in [-0.4, -0.2) is 43.5 Å². The zero-order valence-corrected chi connectivity index (χ0v) is 17.8. The van der Waals surface area contributed by atoms with Gasteiger partial charge in [-0.2, -0.15) is 0 Å². The highest BCUT2D eigenvalue weighted by molar-refractivity contribution is 8.02. The van der Waals surface area contributed by atoms with Crippen molar-refractivity contribution in [1.82, 2.24) is 15.3 Å². The average molecular weight is 427 g/mol. The highest BCUT2D eigenvalue weighted by Crippen LogP contribution is 2.38. The van der Waals surface area contributed by atoms with Gasteiger partial charge < -0.3 is 23.9 Å². The number of aromatic nitrogens is 2. The molecule has 0 aliphatic heterocycles. The number of fused-ring (bicyclic) bond motifs is 1. The Kier molecular flexibility index (Phi) is 6.97. The number of carbonyl (C=O) groups is 1. The van der Waals surface area contributed by atoms with Gasteiger partial charge in [0.05, 0.1) is 32.6 Å². The van der Waals surface area contributed by atoms with Crippen LogP contribution in [0, 0.1) is 0 Å². The Balaban J connectivity index is 1.76. The number of nitrogens with zero attached hydrogens (tertiary/aromatic N) is 2. The molecule has 0 fully saturated rings. The number of rotatable bonds is 8. The van der Waals surface area contributed by atoms with Gasteiger partial charge in [-0.25, -0.2) is 4.98 Å². The molecule has 2 heterocycles. The first kappa shape index (κ1) is 21.3. The Morgan fingerprint density at radius 2 is 1.90 bits per heavy atom. The fourth-order valence-corrected chi connectivity index (χ4v) is 3.05. The third-order valence-corrected chi connectivity index (χ3v) is 4.75. The molecule has 30 heavy (non-hydrogen) atoms. The second kappa shape index (κ2) is 9.84. The van der Waals surface area contributed by atoms with Crippen LogP contribution in [0.1, 0.15) is 16.2 Å². The Hall–Kier alpha value is -3.46. The lowest BCUT2D eigenvalue weighted by atomic mass is 10.1. The molecule has 3 aromatic rings. The number of nitrogens with one attached hydrogen (secondary N) is 1. The van der Waals surface area contributed by atoms with Crippen molar-refractivity contribution in [3.8, 4) is 17.2 Å². The summed E-state index contributed by atoms with van der Waals surface area (Å²) in [5.74, 6) is 1.37. The molecular weight excluding hydrogens is 406 g/mol. The zero-order valence-electron chi connectivity index (χ0n) is 17.0. The Labute approximate surface area is 177 Å². The Morgan fingerprint density at radius 1 is 1.17 bits per heavy atom. The molecule has 0 unspecified atom stereocenters. The number of allylic oxidation sites excluding steroid dienone is 2. The normalized spacial score (nSPS) is 11.7. The lowest BCUT2D eigenvalue weighted by Gasteiger charge is -2.14. The molecule has 0 aliphatic rings. The minimum absolute atomic E-state index is 0.309. The molecule has 2 aromatic heterocycles. The van der Waals surface area contributed by atoms with Gasteiger partial charge in [0.2, 0.25) is 11.6 Å². The third kappa shape index (κ3) is 4.74. The standard InChI is InChI=1S/C21H21N3O5S/c1-26-16-10-13(11-17(27-2)20(16)28-3)21(25)24-19(30-4)7-5-6-18-23-14-12-22-9-8-15(14)29-18/h5-12H,1-4H3,(H,24,25)/b6-5+,19-7-. The summed E-state index contributed by atoms with van der Waals surface area (Å²) < 4.78 is 21.5. The van der Waals surface area contributed by atoms with E-state index in [4.69, 9.17) is 18.6 Å². The lowest BCUT2D eigenvalue weighted by Crippen LogP contribution is -2.21. The SMILES string of the molecule is COc1cc(C(=O)N/C(=C/C=C/c2nc3cnccc3o2)SC)cc(OC)c1OC.